The number of aliphatic carboxylic acids is 1. The quantitative estimate of drug-likeness (QED) is 0.542. The number of likely N-dealkylation sites (tertiary alicyclic amines) is 1. The number of carbonyl (C=O) groups is 2. The minimum atomic E-state index is -1.02. The number of nitrogens with zero attached hydrogens (tertiary/aromatic N) is 1. The van der Waals surface area contributed by atoms with Gasteiger partial charge in [-0.2, -0.15) is 0 Å². The molecule has 33 heavy (non-hydrogen) atoms. The van der Waals surface area contributed by atoms with Crippen LogP contribution < -0.4 is 9.47 Å². The molecule has 2 aromatic rings. The predicted octanol–water partition coefficient (Wildman–Crippen LogP) is 3.86. The predicted molar refractivity (Wildman–Crippen MR) is 122 cm³/mol. The number of carboxylic acids is 1. The van der Waals surface area contributed by atoms with Crippen LogP contribution in [-0.2, 0) is 14.3 Å². The second-order valence-corrected chi connectivity index (χ2v) is 8.30. The van der Waals surface area contributed by atoms with Gasteiger partial charge in [0.15, 0.2) is 13.6 Å². The number of carbonyl (C=O) groups excluding carboxylic acids is 1. The smallest absolute Gasteiger partial charge is 0.326 e. The van der Waals surface area contributed by atoms with E-state index in [1.165, 1.54) is 19.1 Å². The van der Waals surface area contributed by atoms with Crippen LogP contribution in [0, 0.1) is 0 Å². The number of methoxy groups -OCH3 is 2. The molecule has 178 valence electrons. The summed E-state index contributed by atoms with van der Waals surface area (Å²) in [7, 11) is 3.01. The number of rotatable bonds is 10. The van der Waals surface area contributed by atoms with E-state index in [2.05, 4.69) is 0 Å². The number of hydrogen-bond donors (Lipinski definition) is 1. The maximum Gasteiger partial charge on any atom is 0.326 e. The lowest BCUT2D eigenvalue weighted by Crippen LogP contribution is -2.40. The molecular weight excluding hydrogens is 426 g/mol. The van der Waals surface area contributed by atoms with Gasteiger partial charge in [0.2, 0.25) is 0 Å². The molecule has 1 amide bonds. The van der Waals surface area contributed by atoms with Crippen LogP contribution in [0.4, 0.5) is 0 Å². The van der Waals surface area contributed by atoms with Crippen LogP contribution in [0.25, 0.3) is 0 Å². The van der Waals surface area contributed by atoms with Crippen molar-refractivity contribution in [2.75, 3.05) is 34.4 Å². The van der Waals surface area contributed by atoms with E-state index in [4.69, 9.17) is 18.9 Å². The fourth-order valence-electron chi connectivity index (χ4n) is 4.10. The van der Waals surface area contributed by atoms with Crippen molar-refractivity contribution >= 4 is 11.9 Å². The monoisotopic (exact) mass is 457 g/mol. The van der Waals surface area contributed by atoms with Gasteiger partial charge in [-0.25, -0.2) is 4.79 Å². The zero-order chi connectivity index (χ0) is 24.0. The van der Waals surface area contributed by atoms with Crippen LogP contribution in [-0.4, -0.2) is 62.3 Å². The topological polar surface area (TPSA) is 94.5 Å². The maximum absolute atomic E-state index is 13.7. The van der Waals surface area contributed by atoms with Crippen molar-refractivity contribution in [3.8, 4) is 11.5 Å². The molecule has 0 spiro atoms. The Labute approximate surface area is 194 Å². The maximum atomic E-state index is 13.7. The van der Waals surface area contributed by atoms with E-state index >= 15 is 0 Å². The molecule has 1 heterocycles. The molecule has 1 aliphatic rings. The summed E-state index contributed by atoms with van der Waals surface area (Å²) in [6, 6.07) is 12.1. The summed E-state index contributed by atoms with van der Waals surface area (Å²) in [5, 5.41) is 9.86. The highest BCUT2D eigenvalue weighted by atomic mass is 16.7. The van der Waals surface area contributed by atoms with Crippen molar-refractivity contribution < 1.29 is 33.6 Å². The summed E-state index contributed by atoms with van der Waals surface area (Å²) in [5.74, 6) is -0.630. The summed E-state index contributed by atoms with van der Waals surface area (Å²) in [6.07, 6.45) is 0.353. The van der Waals surface area contributed by atoms with E-state index in [1.807, 2.05) is 44.2 Å². The van der Waals surface area contributed by atoms with Crippen LogP contribution in [0.2, 0.25) is 0 Å². The Morgan fingerprint density at radius 2 is 1.67 bits per heavy atom. The summed E-state index contributed by atoms with van der Waals surface area (Å²) in [4.78, 5) is 27.2. The first-order valence-corrected chi connectivity index (χ1v) is 10.9. The standard InChI is InChI=1S/C25H31NO7/c1-16(2)19-11-20(23(33-15-31-4)12-22(19)32-14-30-3)24(27)26-13-18(10-21(26)25(28)29)17-8-6-5-7-9-17/h5-9,11-12,16,18,21H,10,13-15H2,1-4H3,(H,28,29)/t18-,21+/m0/s1. The SMILES string of the molecule is COCOc1cc(OCOC)c(C(C)C)cc1C(=O)N1C[C@@H](c2ccccc2)C[C@@H]1C(=O)O. The Kier molecular flexibility index (Phi) is 8.30. The molecule has 2 atom stereocenters. The van der Waals surface area contributed by atoms with Crippen molar-refractivity contribution in [2.45, 2.75) is 38.1 Å². The van der Waals surface area contributed by atoms with Crippen molar-refractivity contribution in [1.29, 1.82) is 0 Å². The minimum absolute atomic E-state index is 0.0443. The summed E-state index contributed by atoms with van der Waals surface area (Å²) >= 11 is 0. The largest absolute Gasteiger partial charge is 0.480 e. The van der Waals surface area contributed by atoms with Gasteiger partial charge >= 0.3 is 5.97 Å². The van der Waals surface area contributed by atoms with E-state index in [9.17, 15) is 14.7 Å². The second-order valence-electron chi connectivity index (χ2n) is 8.30. The number of benzene rings is 2. The summed E-state index contributed by atoms with van der Waals surface area (Å²) < 4.78 is 21.5. The highest BCUT2D eigenvalue weighted by Crippen LogP contribution is 2.38. The summed E-state index contributed by atoms with van der Waals surface area (Å²) in [5.41, 5.74) is 2.09. The fraction of sp³-hybridized carbons (Fsp3) is 0.440. The van der Waals surface area contributed by atoms with Crippen LogP contribution in [0.3, 0.4) is 0 Å². The molecule has 8 heteroatoms. The van der Waals surface area contributed by atoms with E-state index in [-0.39, 0.29) is 36.7 Å². The number of amides is 1. The molecule has 2 aromatic carbocycles. The van der Waals surface area contributed by atoms with E-state index in [0.29, 0.717) is 18.7 Å². The lowest BCUT2D eigenvalue weighted by Gasteiger charge is -2.24. The van der Waals surface area contributed by atoms with Gasteiger partial charge in [-0.15, -0.1) is 0 Å². The molecule has 0 unspecified atom stereocenters. The number of ether oxygens (including phenoxy) is 4. The molecule has 1 N–H and O–H groups in total. The zero-order valence-electron chi connectivity index (χ0n) is 19.4. The Morgan fingerprint density at radius 3 is 2.24 bits per heavy atom. The van der Waals surface area contributed by atoms with Gasteiger partial charge in [0.05, 0.1) is 5.56 Å². The lowest BCUT2D eigenvalue weighted by atomic mass is 9.96. The average Bonchev–Trinajstić information content (AvgIpc) is 3.27. The van der Waals surface area contributed by atoms with Crippen molar-refractivity contribution in [2.24, 2.45) is 0 Å². The van der Waals surface area contributed by atoms with E-state index < -0.39 is 17.9 Å². The Bertz CT molecular complexity index is 961. The molecule has 3 rings (SSSR count). The first-order valence-electron chi connectivity index (χ1n) is 10.9. The third-order valence-electron chi connectivity index (χ3n) is 5.75. The molecule has 0 radical (unpaired) electrons. The van der Waals surface area contributed by atoms with Crippen LogP contribution in [0.1, 0.15) is 53.6 Å². The van der Waals surface area contributed by atoms with Crippen molar-refractivity contribution in [3.63, 3.8) is 0 Å². The third-order valence-corrected chi connectivity index (χ3v) is 5.75. The number of carboxylic acid groups (broad SMARTS) is 1. The fourth-order valence-corrected chi connectivity index (χ4v) is 4.10. The third kappa shape index (κ3) is 5.64. The van der Waals surface area contributed by atoms with Crippen LogP contribution >= 0.6 is 0 Å². The highest BCUT2D eigenvalue weighted by molar-refractivity contribution is 6.00. The van der Waals surface area contributed by atoms with Crippen LogP contribution in [0.15, 0.2) is 42.5 Å². The first-order chi connectivity index (χ1) is 15.9. The molecule has 0 aromatic heterocycles. The average molecular weight is 458 g/mol. The molecule has 8 nitrogen and oxygen atoms in total. The molecule has 0 bridgehead atoms. The van der Waals surface area contributed by atoms with E-state index in [0.717, 1.165) is 11.1 Å². The normalized spacial score (nSPS) is 17.9. The molecule has 0 saturated carbocycles. The molecular formula is C25H31NO7. The Hall–Kier alpha value is -3.10. The van der Waals surface area contributed by atoms with Crippen LogP contribution in [0.5, 0.6) is 11.5 Å². The van der Waals surface area contributed by atoms with Gasteiger partial charge in [-0.3, -0.25) is 4.79 Å². The Balaban J connectivity index is 2.00. The molecule has 1 aliphatic heterocycles. The van der Waals surface area contributed by atoms with Gasteiger partial charge in [-0.05, 0) is 29.5 Å². The van der Waals surface area contributed by atoms with Gasteiger partial charge in [0.25, 0.3) is 5.91 Å². The molecule has 0 aliphatic carbocycles. The zero-order valence-corrected chi connectivity index (χ0v) is 19.4. The van der Waals surface area contributed by atoms with Crippen molar-refractivity contribution in [1.82, 2.24) is 4.90 Å². The van der Waals surface area contributed by atoms with Gasteiger partial charge in [-0.1, -0.05) is 44.2 Å². The Morgan fingerprint density at radius 1 is 1.03 bits per heavy atom. The second kappa shape index (κ2) is 11.2. The van der Waals surface area contributed by atoms with E-state index in [1.54, 1.807) is 12.1 Å². The number of hydrogen-bond acceptors (Lipinski definition) is 6. The summed E-state index contributed by atoms with van der Waals surface area (Å²) in [6.45, 7) is 4.26. The lowest BCUT2D eigenvalue weighted by molar-refractivity contribution is -0.141. The van der Waals surface area contributed by atoms with Crippen molar-refractivity contribution in [3.05, 3.63) is 59.2 Å². The molecule has 1 saturated heterocycles. The minimum Gasteiger partial charge on any atom is -0.480 e. The van der Waals surface area contributed by atoms with Gasteiger partial charge in [0, 0.05) is 32.7 Å². The first kappa shape index (κ1) is 24.5. The molecule has 1 fully saturated rings. The highest BCUT2D eigenvalue weighted by Gasteiger charge is 2.41. The van der Waals surface area contributed by atoms with Gasteiger partial charge in [0.1, 0.15) is 17.5 Å². The van der Waals surface area contributed by atoms with Gasteiger partial charge < -0.3 is 29.0 Å².